The van der Waals surface area contributed by atoms with E-state index in [0.717, 1.165) is 5.56 Å². The standard InChI is InChI=1S/C18H19BrFNO2/c1-18(12-22,15-11-14(19)8-9-16(15)20)21-17(23)10-7-13-5-3-2-4-6-13/h2-6,8-9,11,22H,7,10,12H2,1H3,(H,21,23). The largest absolute Gasteiger partial charge is 0.394 e. The molecule has 0 saturated carbocycles. The molecular formula is C18H19BrFNO2. The highest BCUT2D eigenvalue weighted by molar-refractivity contribution is 9.10. The summed E-state index contributed by atoms with van der Waals surface area (Å²) in [5, 5.41) is 12.4. The molecule has 0 aliphatic rings. The number of carbonyl (C=O) groups excluding carboxylic acids is 1. The van der Waals surface area contributed by atoms with Crippen molar-refractivity contribution in [2.45, 2.75) is 25.3 Å². The first-order chi connectivity index (χ1) is 10.9. The summed E-state index contributed by atoms with van der Waals surface area (Å²) in [4.78, 5) is 12.2. The lowest BCUT2D eigenvalue weighted by Crippen LogP contribution is -2.47. The van der Waals surface area contributed by atoms with E-state index >= 15 is 0 Å². The lowest BCUT2D eigenvalue weighted by atomic mass is 9.92. The molecule has 0 spiro atoms. The number of aliphatic hydroxyl groups is 1. The summed E-state index contributed by atoms with van der Waals surface area (Å²) < 4.78 is 14.8. The summed E-state index contributed by atoms with van der Waals surface area (Å²) in [6, 6.07) is 14.1. The number of rotatable bonds is 6. The fourth-order valence-corrected chi connectivity index (χ4v) is 2.75. The Hall–Kier alpha value is -1.72. The van der Waals surface area contributed by atoms with Crippen LogP contribution in [0.2, 0.25) is 0 Å². The highest BCUT2D eigenvalue weighted by Crippen LogP contribution is 2.26. The summed E-state index contributed by atoms with van der Waals surface area (Å²) in [7, 11) is 0. The minimum absolute atomic E-state index is 0.232. The second-order valence-electron chi connectivity index (χ2n) is 5.65. The van der Waals surface area contributed by atoms with Crippen LogP contribution in [-0.4, -0.2) is 17.6 Å². The van der Waals surface area contributed by atoms with Gasteiger partial charge in [0.1, 0.15) is 5.82 Å². The van der Waals surface area contributed by atoms with Crippen LogP contribution in [0.15, 0.2) is 53.0 Å². The van der Waals surface area contributed by atoms with Crippen LogP contribution in [-0.2, 0) is 16.8 Å². The van der Waals surface area contributed by atoms with Crippen LogP contribution in [0, 0.1) is 5.82 Å². The van der Waals surface area contributed by atoms with Gasteiger partial charge in [-0.25, -0.2) is 4.39 Å². The van der Waals surface area contributed by atoms with Crippen LogP contribution in [0.5, 0.6) is 0 Å². The average molecular weight is 380 g/mol. The minimum Gasteiger partial charge on any atom is -0.394 e. The molecule has 0 fully saturated rings. The first-order valence-electron chi connectivity index (χ1n) is 7.36. The molecule has 1 atom stereocenters. The molecule has 0 saturated heterocycles. The van der Waals surface area contributed by atoms with E-state index in [1.54, 1.807) is 19.1 Å². The number of nitrogens with one attached hydrogen (secondary N) is 1. The van der Waals surface area contributed by atoms with E-state index in [9.17, 15) is 14.3 Å². The van der Waals surface area contributed by atoms with Crippen LogP contribution >= 0.6 is 15.9 Å². The number of halogens is 2. The molecular weight excluding hydrogens is 361 g/mol. The van der Waals surface area contributed by atoms with Crippen LogP contribution < -0.4 is 5.32 Å². The highest BCUT2D eigenvalue weighted by Gasteiger charge is 2.30. The van der Waals surface area contributed by atoms with Gasteiger partial charge in [-0.2, -0.15) is 0 Å². The molecule has 0 aliphatic carbocycles. The first-order valence-corrected chi connectivity index (χ1v) is 8.15. The molecule has 0 aromatic heterocycles. The number of amides is 1. The molecule has 0 heterocycles. The van der Waals surface area contributed by atoms with Gasteiger partial charge < -0.3 is 10.4 Å². The SMILES string of the molecule is CC(CO)(NC(=O)CCc1ccccc1)c1cc(Br)ccc1F. The van der Waals surface area contributed by atoms with Crippen molar-refractivity contribution < 1.29 is 14.3 Å². The van der Waals surface area contributed by atoms with Crippen molar-refractivity contribution in [1.29, 1.82) is 0 Å². The lowest BCUT2D eigenvalue weighted by molar-refractivity contribution is -0.123. The van der Waals surface area contributed by atoms with Gasteiger partial charge in [0.25, 0.3) is 0 Å². The Bertz CT molecular complexity index is 678. The zero-order valence-corrected chi connectivity index (χ0v) is 14.4. The Labute approximate surface area is 143 Å². The summed E-state index contributed by atoms with van der Waals surface area (Å²) in [6.45, 7) is 1.22. The molecule has 5 heteroatoms. The molecule has 2 aromatic rings. The molecule has 1 unspecified atom stereocenters. The molecule has 122 valence electrons. The van der Waals surface area contributed by atoms with Crippen LogP contribution in [0.1, 0.15) is 24.5 Å². The van der Waals surface area contributed by atoms with Gasteiger partial charge in [-0.15, -0.1) is 0 Å². The van der Waals surface area contributed by atoms with Gasteiger partial charge in [0.2, 0.25) is 5.91 Å². The zero-order chi connectivity index (χ0) is 16.9. The van der Waals surface area contributed by atoms with Crippen molar-refractivity contribution in [2.24, 2.45) is 0 Å². The Morgan fingerprint density at radius 1 is 1.26 bits per heavy atom. The van der Waals surface area contributed by atoms with E-state index in [1.807, 2.05) is 30.3 Å². The quantitative estimate of drug-likeness (QED) is 0.806. The Morgan fingerprint density at radius 2 is 1.96 bits per heavy atom. The maximum absolute atomic E-state index is 14.1. The van der Waals surface area contributed by atoms with E-state index in [2.05, 4.69) is 21.2 Å². The number of aryl methyl sites for hydroxylation is 1. The van der Waals surface area contributed by atoms with Crippen LogP contribution in [0.4, 0.5) is 4.39 Å². The second-order valence-corrected chi connectivity index (χ2v) is 6.56. The van der Waals surface area contributed by atoms with Gasteiger partial charge in [0.15, 0.2) is 0 Å². The monoisotopic (exact) mass is 379 g/mol. The molecule has 0 bridgehead atoms. The van der Waals surface area contributed by atoms with E-state index in [0.29, 0.717) is 10.9 Å². The van der Waals surface area contributed by atoms with Crippen molar-refractivity contribution in [3.05, 3.63) is 69.9 Å². The second kappa shape index (κ2) is 7.70. The predicted molar refractivity (Wildman–Crippen MR) is 91.4 cm³/mol. The predicted octanol–water partition coefficient (Wildman–Crippen LogP) is 3.54. The van der Waals surface area contributed by atoms with Crippen molar-refractivity contribution in [2.75, 3.05) is 6.61 Å². The summed E-state index contributed by atoms with van der Waals surface area (Å²) >= 11 is 3.28. The third kappa shape index (κ3) is 4.62. The number of aliphatic hydroxyl groups excluding tert-OH is 1. The third-order valence-corrected chi connectivity index (χ3v) is 4.23. The van der Waals surface area contributed by atoms with Crippen molar-refractivity contribution >= 4 is 21.8 Å². The number of hydrogen-bond donors (Lipinski definition) is 2. The molecule has 23 heavy (non-hydrogen) atoms. The summed E-state index contributed by atoms with van der Waals surface area (Å²) in [5.41, 5.74) is 0.145. The van der Waals surface area contributed by atoms with Gasteiger partial charge >= 0.3 is 0 Å². The molecule has 2 aromatic carbocycles. The van der Waals surface area contributed by atoms with Gasteiger partial charge in [-0.05, 0) is 37.1 Å². The van der Waals surface area contributed by atoms with E-state index in [-0.39, 0.29) is 17.9 Å². The molecule has 2 N–H and O–H groups in total. The fourth-order valence-electron chi connectivity index (χ4n) is 2.39. The number of benzene rings is 2. The smallest absolute Gasteiger partial charge is 0.221 e. The Morgan fingerprint density at radius 3 is 2.61 bits per heavy atom. The van der Waals surface area contributed by atoms with Gasteiger partial charge in [0.05, 0.1) is 12.1 Å². The van der Waals surface area contributed by atoms with Crippen LogP contribution in [0.3, 0.4) is 0 Å². The Kier molecular flexibility index (Phi) is 5.91. The first kappa shape index (κ1) is 17.6. The molecule has 0 aliphatic heterocycles. The van der Waals surface area contributed by atoms with Gasteiger partial charge in [0, 0.05) is 16.5 Å². The van der Waals surface area contributed by atoms with Crippen molar-refractivity contribution in [3.63, 3.8) is 0 Å². The maximum Gasteiger partial charge on any atom is 0.221 e. The molecule has 1 amide bonds. The lowest BCUT2D eigenvalue weighted by Gasteiger charge is -2.30. The normalized spacial score (nSPS) is 13.4. The summed E-state index contributed by atoms with van der Waals surface area (Å²) in [6.07, 6.45) is 0.865. The van der Waals surface area contributed by atoms with Gasteiger partial charge in [-0.1, -0.05) is 46.3 Å². The molecule has 3 nitrogen and oxygen atoms in total. The fraction of sp³-hybridized carbons (Fsp3) is 0.278. The zero-order valence-electron chi connectivity index (χ0n) is 12.9. The maximum atomic E-state index is 14.1. The van der Waals surface area contributed by atoms with E-state index in [4.69, 9.17) is 0 Å². The van der Waals surface area contributed by atoms with Crippen LogP contribution in [0.25, 0.3) is 0 Å². The van der Waals surface area contributed by atoms with Gasteiger partial charge in [-0.3, -0.25) is 4.79 Å². The number of hydrogen-bond acceptors (Lipinski definition) is 2. The minimum atomic E-state index is -1.17. The topological polar surface area (TPSA) is 49.3 Å². The number of carbonyl (C=O) groups is 1. The summed E-state index contributed by atoms with van der Waals surface area (Å²) in [5.74, 6) is -0.696. The third-order valence-electron chi connectivity index (χ3n) is 3.74. The van der Waals surface area contributed by atoms with Crippen molar-refractivity contribution in [1.82, 2.24) is 5.32 Å². The highest BCUT2D eigenvalue weighted by atomic mass is 79.9. The average Bonchev–Trinajstić information content (AvgIpc) is 2.56. The van der Waals surface area contributed by atoms with E-state index in [1.165, 1.54) is 6.07 Å². The van der Waals surface area contributed by atoms with E-state index < -0.39 is 18.0 Å². The Balaban J connectivity index is 2.08. The van der Waals surface area contributed by atoms with Crippen molar-refractivity contribution in [3.8, 4) is 0 Å². The molecule has 2 rings (SSSR count). The molecule has 0 radical (unpaired) electrons.